The molecule has 0 bridgehead atoms. The minimum Gasteiger partial charge on any atom is -0.282 e. The molecule has 0 aliphatic carbocycles. The second-order valence-electron chi connectivity index (χ2n) is 4.77. The van der Waals surface area contributed by atoms with Gasteiger partial charge in [-0.3, -0.25) is 18.2 Å². The van der Waals surface area contributed by atoms with E-state index in [1.54, 1.807) is 0 Å². The van der Waals surface area contributed by atoms with Crippen molar-refractivity contribution in [3.05, 3.63) is 24.3 Å². The highest BCUT2D eigenvalue weighted by Gasteiger charge is 2.31. The number of hydrogen-bond acceptors (Lipinski definition) is 8. The van der Waals surface area contributed by atoms with Crippen LogP contribution >= 0.6 is 0 Å². The maximum Gasteiger partial charge on any atom is 0.295 e. The minimum absolute atomic E-state index is 0.364. The van der Waals surface area contributed by atoms with E-state index in [1.807, 2.05) is 0 Å². The summed E-state index contributed by atoms with van der Waals surface area (Å²) in [5, 5.41) is -2.53. The molecule has 0 amide bonds. The molecule has 0 spiro atoms. The van der Waals surface area contributed by atoms with E-state index in [2.05, 4.69) is 0 Å². The van der Waals surface area contributed by atoms with Crippen molar-refractivity contribution in [2.75, 3.05) is 0 Å². The van der Waals surface area contributed by atoms with Crippen molar-refractivity contribution in [2.45, 2.75) is 19.6 Å². The number of rotatable bonds is 4. The van der Waals surface area contributed by atoms with E-state index in [-0.39, 0.29) is 0 Å². The Morgan fingerprint density at radius 3 is 0.692 bits per heavy atom. The van der Waals surface area contributed by atoms with Gasteiger partial charge in [-0.15, -0.1) is 0 Å². The lowest BCUT2D eigenvalue weighted by atomic mass is 10.1. The molecule has 144 valence electrons. The quantitative estimate of drug-likeness (QED) is 0.448. The average molecular weight is 448 g/mol. The molecule has 4 N–H and O–H groups in total. The first-order chi connectivity index (χ1) is 11.5. The van der Waals surface area contributed by atoms with Crippen LogP contribution in [0.1, 0.15) is 0 Å². The summed E-state index contributed by atoms with van der Waals surface area (Å²) in [4.78, 5) is -5.17. The van der Waals surface area contributed by atoms with Gasteiger partial charge in [0.15, 0.2) is 0 Å². The number of benzene rings is 2. The molecule has 0 saturated heterocycles. The second kappa shape index (κ2) is 5.92. The smallest absolute Gasteiger partial charge is 0.282 e. The molecule has 0 radical (unpaired) electrons. The zero-order valence-electron chi connectivity index (χ0n) is 12.0. The Labute approximate surface area is 147 Å². The van der Waals surface area contributed by atoms with Crippen molar-refractivity contribution >= 4 is 51.2 Å². The average Bonchev–Trinajstić information content (AvgIpc) is 2.40. The van der Waals surface area contributed by atoms with Crippen LogP contribution < -0.4 is 0 Å². The van der Waals surface area contributed by atoms with Gasteiger partial charge in [-0.2, -0.15) is 33.7 Å². The van der Waals surface area contributed by atoms with E-state index in [9.17, 15) is 51.9 Å². The third kappa shape index (κ3) is 3.71. The summed E-state index contributed by atoms with van der Waals surface area (Å²) in [6.07, 6.45) is 0. The summed E-state index contributed by atoms with van der Waals surface area (Å²) in [6.45, 7) is 0. The summed E-state index contributed by atoms with van der Waals surface area (Å²) in [5.74, 6) is 0. The van der Waals surface area contributed by atoms with E-state index in [0.717, 1.165) is 0 Å². The van der Waals surface area contributed by atoms with E-state index in [0.29, 0.717) is 24.3 Å². The Morgan fingerprint density at radius 2 is 0.577 bits per heavy atom. The summed E-state index contributed by atoms with van der Waals surface area (Å²) >= 11 is 0. The van der Waals surface area contributed by atoms with Gasteiger partial charge < -0.3 is 0 Å². The van der Waals surface area contributed by atoms with Crippen LogP contribution in [-0.4, -0.2) is 51.9 Å². The molecule has 12 nitrogen and oxygen atoms in total. The molecule has 0 fully saturated rings. The van der Waals surface area contributed by atoms with Gasteiger partial charge in [0, 0.05) is 10.8 Å². The van der Waals surface area contributed by atoms with Crippen LogP contribution in [0.3, 0.4) is 0 Å². The largest absolute Gasteiger partial charge is 0.295 e. The van der Waals surface area contributed by atoms with E-state index in [4.69, 9.17) is 0 Å². The Kier molecular flexibility index (Phi) is 4.71. The fraction of sp³-hybridized carbons (Fsp3) is 0. The molecule has 0 aromatic heterocycles. The third-order valence-corrected chi connectivity index (χ3v) is 6.70. The highest BCUT2D eigenvalue weighted by atomic mass is 32.2. The molecule has 2 rings (SSSR count). The highest BCUT2D eigenvalue weighted by Crippen LogP contribution is 2.37. The van der Waals surface area contributed by atoms with Crippen LogP contribution in [0.25, 0.3) is 10.8 Å². The van der Waals surface area contributed by atoms with Gasteiger partial charge in [-0.1, -0.05) is 0 Å². The Balaban J connectivity index is 3.47. The van der Waals surface area contributed by atoms with E-state index >= 15 is 0 Å². The molecule has 2 aromatic carbocycles. The molecule has 0 saturated carbocycles. The van der Waals surface area contributed by atoms with Crippen LogP contribution in [0.2, 0.25) is 0 Å². The van der Waals surface area contributed by atoms with Crippen molar-refractivity contribution in [2.24, 2.45) is 0 Å². The van der Waals surface area contributed by atoms with Crippen molar-refractivity contribution in [3.8, 4) is 0 Å². The number of fused-ring (bicyclic) bond motifs is 1. The van der Waals surface area contributed by atoms with Gasteiger partial charge in [-0.05, 0) is 24.3 Å². The van der Waals surface area contributed by atoms with Gasteiger partial charge in [0.25, 0.3) is 40.5 Å². The Morgan fingerprint density at radius 1 is 0.423 bits per heavy atom. The van der Waals surface area contributed by atoms with Gasteiger partial charge in [-0.25, -0.2) is 0 Å². The van der Waals surface area contributed by atoms with Crippen LogP contribution in [0.15, 0.2) is 43.8 Å². The highest BCUT2D eigenvalue weighted by molar-refractivity contribution is 7.88. The fourth-order valence-electron chi connectivity index (χ4n) is 2.23. The first-order valence-electron chi connectivity index (χ1n) is 5.95. The standard InChI is InChI=1S/C10H8O12S4/c11-23(12,13)5-1-2-6(24(14,15)16)10-8(26(20,21)22)4-3-7(9(5)10)25(17,18)19/h1-4H,(H,11,12,13)(H,14,15,16)(H,17,18,19)(H,20,21,22). The van der Waals surface area contributed by atoms with E-state index < -0.39 is 70.8 Å². The van der Waals surface area contributed by atoms with Gasteiger partial charge in [0.2, 0.25) is 0 Å². The topological polar surface area (TPSA) is 217 Å². The van der Waals surface area contributed by atoms with Gasteiger partial charge >= 0.3 is 0 Å². The van der Waals surface area contributed by atoms with Crippen molar-refractivity contribution in [1.82, 2.24) is 0 Å². The lowest BCUT2D eigenvalue weighted by molar-refractivity contribution is 0.476. The third-order valence-electron chi connectivity index (χ3n) is 3.12. The van der Waals surface area contributed by atoms with Crippen LogP contribution in [-0.2, 0) is 40.5 Å². The van der Waals surface area contributed by atoms with Crippen LogP contribution in [0.5, 0.6) is 0 Å². The predicted octanol–water partition coefficient (Wildman–Crippen LogP) is -0.173. The molecular weight excluding hydrogens is 440 g/mol. The first kappa shape index (κ1) is 20.6. The van der Waals surface area contributed by atoms with Crippen LogP contribution in [0.4, 0.5) is 0 Å². The molecule has 0 aliphatic rings. The second-order valence-corrected chi connectivity index (χ2v) is 10.3. The molecule has 0 aliphatic heterocycles. The van der Waals surface area contributed by atoms with Gasteiger partial charge in [0.1, 0.15) is 19.6 Å². The fourth-order valence-corrected chi connectivity index (χ4v) is 5.20. The normalized spacial score (nSPS) is 13.8. The SMILES string of the molecule is O=S(=O)(O)c1ccc(S(=O)(=O)O)c2c(S(=O)(=O)O)ccc(S(=O)(=O)O)c12. The lowest BCUT2D eigenvalue weighted by Gasteiger charge is -2.13. The maximum atomic E-state index is 11.5. The molecule has 0 unspecified atom stereocenters. The zero-order chi connectivity index (χ0) is 20.3. The van der Waals surface area contributed by atoms with Crippen molar-refractivity contribution in [3.63, 3.8) is 0 Å². The zero-order valence-corrected chi connectivity index (χ0v) is 15.3. The first-order valence-corrected chi connectivity index (χ1v) is 11.7. The van der Waals surface area contributed by atoms with Gasteiger partial charge in [0.05, 0.1) is 0 Å². The summed E-state index contributed by atoms with van der Waals surface area (Å²) < 4.78 is 129. The summed E-state index contributed by atoms with van der Waals surface area (Å²) in [7, 11) is -21.1. The molecular formula is C10H8O12S4. The lowest BCUT2D eigenvalue weighted by Crippen LogP contribution is -2.11. The molecule has 0 atom stereocenters. The van der Waals surface area contributed by atoms with Crippen molar-refractivity contribution < 1.29 is 51.9 Å². The van der Waals surface area contributed by atoms with E-state index in [1.165, 1.54) is 0 Å². The monoisotopic (exact) mass is 448 g/mol. The molecule has 0 heterocycles. The molecule has 26 heavy (non-hydrogen) atoms. The number of hydrogen-bond donors (Lipinski definition) is 4. The minimum atomic E-state index is -5.27. The molecule has 2 aromatic rings. The predicted molar refractivity (Wildman–Crippen MR) is 83.2 cm³/mol. The van der Waals surface area contributed by atoms with Crippen molar-refractivity contribution in [1.29, 1.82) is 0 Å². The molecule has 16 heteroatoms. The Bertz CT molecular complexity index is 1140. The Hall–Kier alpha value is -1.66. The summed E-state index contributed by atoms with van der Waals surface area (Å²) in [6, 6.07) is 1.46. The summed E-state index contributed by atoms with van der Waals surface area (Å²) in [5.41, 5.74) is 0. The van der Waals surface area contributed by atoms with Crippen LogP contribution in [0, 0.1) is 0 Å². The maximum absolute atomic E-state index is 11.5.